The second kappa shape index (κ2) is 3.40. The molecular formula is C11H11FN2O5. The van der Waals surface area contributed by atoms with Crippen molar-refractivity contribution >= 4 is 5.78 Å². The van der Waals surface area contributed by atoms with E-state index in [0.29, 0.717) is 0 Å². The van der Waals surface area contributed by atoms with Crippen LogP contribution in [-0.4, -0.2) is 37.8 Å². The van der Waals surface area contributed by atoms with Crippen molar-refractivity contribution in [2.24, 2.45) is 0 Å². The summed E-state index contributed by atoms with van der Waals surface area (Å²) in [4.78, 5) is 36.5. The van der Waals surface area contributed by atoms with Crippen molar-refractivity contribution in [1.82, 2.24) is 9.55 Å². The van der Waals surface area contributed by atoms with Gasteiger partial charge in [0.1, 0.15) is 0 Å². The average Bonchev–Trinajstić information content (AvgIpc) is 2.92. The minimum absolute atomic E-state index is 0.0138. The van der Waals surface area contributed by atoms with Gasteiger partial charge in [0, 0.05) is 18.7 Å². The summed E-state index contributed by atoms with van der Waals surface area (Å²) in [7, 11) is 0. The van der Waals surface area contributed by atoms with Gasteiger partial charge in [-0.2, -0.15) is 0 Å². The van der Waals surface area contributed by atoms with Crippen molar-refractivity contribution in [3.05, 3.63) is 33.1 Å². The molecule has 1 spiro atoms. The van der Waals surface area contributed by atoms with E-state index < -0.39 is 40.6 Å². The number of Topliss-reactive ketones (excluding diaryl/α,β-unsaturated/α-hetero) is 1. The van der Waals surface area contributed by atoms with Crippen LogP contribution >= 0.6 is 0 Å². The Morgan fingerprint density at radius 1 is 1.53 bits per heavy atom. The predicted octanol–water partition coefficient (Wildman–Crippen LogP) is -1.13. The number of carbonyl (C=O) groups excluding carboxylic acids is 1. The smallest absolute Gasteiger partial charge is 0.330 e. The van der Waals surface area contributed by atoms with E-state index in [1.54, 1.807) is 0 Å². The summed E-state index contributed by atoms with van der Waals surface area (Å²) in [6, 6.07) is 1.03. The van der Waals surface area contributed by atoms with E-state index in [9.17, 15) is 23.9 Å². The number of rotatable bonds is 1. The van der Waals surface area contributed by atoms with E-state index in [1.807, 2.05) is 4.98 Å². The van der Waals surface area contributed by atoms with E-state index >= 15 is 0 Å². The Morgan fingerprint density at radius 3 is 2.63 bits per heavy atom. The van der Waals surface area contributed by atoms with Gasteiger partial charge in [0.25, 0.3) is 5.56 Å². The lowest BCUT2D eigenvalue weighted by atomic mass is 9.99. The number of aliphatic hydroxyl groups is 1. The molecule has 2 N–H and O–H groups in total. The van der Waals surface area contributed by atoms with Gasteiger partial charge in [-0.05, 0) is 6.92 Å². The van der Waals surface area contributed by atoms with Crippen LogP contribution < -0.4 is 11.2 Å². The largest absolute Gasteiger partial charge is 0.389 e. The molecule has 8 heteroatoms. The topological polar surface area (TPSA) is 101 Å². The van der Waals surface area contributed by atoms with Gasteiger partial charge >= 0.3 is 5.69 Å². The van der Waals surface area contributed by atoms with Crippen molar-refractivity contribution < 1.29 is 19.0 Å². The zero-order chi connectivity index (χ0) is 14.0. The van der Waals surface area contributed by atoms with Crippen molar-refractivity contribution in [3.63, 3.8) is 0 Å². The van der Waals surface area contributed by atoms with Crippen LogP contribution in [0.5, 0.6) is 0 Å². The highest BCUT2D eigenvalue weighted by atomic mass is 19.1. The molecule has 1 saturated carbocycles. The number of carbonyl (C=O) groups is 1. The first-order valence-electron chi connectivity index (χ1n) is 5.70. The lowest BCUT2D eigenvalue weighted by Gasteiger charge is -2.21. The number of nitrogens with zero attached hydrogens (tertiary/aromatic N) is 1. The molecule has 0 amide bonds. The van der Waals surface area contributed by atoms with Crippen molar-refractivity contribution in [3.8, 4) is 0 Å². The zero-order valence-corrected chi connectivity index (χ0v) is 9.92. The number of H-pyrrole nitrogens is 1. The number of halogens is 1. The van der Waals surface area contributed by atoms with Gasteiger partial charge in [0.2, 0.25) is 11.5 Å². The first kappa shape index (κ1) is 12.2. The van der Waals surface area contributed by atoms with Gasteiger partial charge < -0.3 is 9.84 Å². The molecule has 4 atom stereocenters. The summed E-state index contributed by atoms with van der Waals surface area (Å²) in [5.74, 6) is -0.879. The van der Waals surface area contributed by atoms with Crippen molar-refractivity contribution in [1.29, 1.82) is 0 Å². The number of alkyl halides is 1. The Hall–Kier alpha value is -1.80. The fraction of sp³-hybridized carbons (Fsp3) is 0.545. The number of hydrogen-bond donors (Lipinski definition) is 2. The Morgan fingerprint density at radius 2 is 2.16 bits per heavy atom. The standard InChI is InChI=1S/C11H11FN2O5/c1-10(12)7(17)11(4-5(11)15)19-8(10)14-3-2-6(16)13-9(14)18/h2-3,5,8,15H,4H2,1H3,(H,13,16,18)/t5-,8-,10-,11?/m1/s1. The summed E-state index contributed by atoms with van der Waals surface area (Å²) < 4.78 is 20.6. The van der Waals surface area contributed by atoms with Gasteiger partial charge in [-0.1, -0.05) is 0 Å². The van der Waals surface area contributed by atoms with Crippen LogP contribution in [0.25, 0.3) is 0 Å². The zero-order valence-electron chi connectivity index (χ0n) is 9.92. The first-order valence-corrected chi connectivity index (χ1v) is 5.70. The molecule has 2 aliphatic rings. The number of aromatic nitrogens is 2. The Bertz CT molecular complexity index is 678. The molecule has 1 saturated heterocycles. The van der Waals surface area contributed by atoms with E-state index in [2.05, 4.69) is 0 Å². The summed E-state index contributed by atoms with van der Waals surface area (Å²) in [6.45, 7) is 0.997. The van der Waals surface area contributed by atoms with Crippen molar-refractivity contribution in [2.75, 3.05) is 0 Å². The molecule has 0 aromatic carbocycles. The molecule has 19 heavy (non-hydrogen) atoms. The van der Waals surface area contributed by atoms with Gasteiger partial charge in [-0.15, -0.1) is 0 Å². The molecule has 102 valence electrons. The van der Waals surface area contributed by atoms with Crippen LogP contribution in [0.1, 0.15) is 19.6 Å². The Balaban J connectivity index is 2.09. The normalized spacial score (nSPS) is 40.9. The van der Waals surface area contributed by atoms with Crippen LogP contribution in [0, 0.1) is 0 Å². The highest BCUT2D eigenvalue weighted by molar-refractivity contribution is 6.00. The number of hydrogen-bond acceptors (Lipinski definition) is 5. The summed E-state index contributed by atoms with van der Waals surface area (Å²) in [6.07, 6.45) is -1.48. The number of ketones is 1. The highest BCUT2D eigenvalue weighted by Gasteiger charge is 2.74. The molecule has 7 nitrogen and oxygen atoms in total. The van der Waals surface area contributed by atoms with E-state index in [0.717, 1.165) is 23.8 Å². The van der Waals surface area contributed by atoms with E-state index in [-0.39, 0.29) is 6.42 Å². The fourth-order valence-corrected chi connectivity index (χ4v) is 2.42. The molecule has 1 aromatic rings. The summed E-state index contributed by atoms with van der Waals surface area (Å²) in [5.41, 5.74) is -5.50. The summed E-state index contributed by atoms with van der Waals surface area (Å²) in [5, 5.41) is 9.44. The van der Waals surface area contributed by atoms with Gasteiger partial charge in [0.15, 0.2) is 11.8 Å². The third kappa shape index (κ3) is 1.47. The number of nitrogens with one attached hydrogen (secondary N) is 1. The molecule has 0 radical (unpaired) electrons. The third-order valence-electron chi connectivity index (χ3n) is 3.59. The molecule has 0 bridgehead atoms. The van der Waals surface area contributed by atoms with Gasteiger partial charge in [-0.3, -0.25) is 19.1 Å². The molecular weight excluding hydrogens is 259 g/mol. The van der Waals surface area contributed by atoms with Crippen LogP contribution in [0.2, 0.25) is 0 Å². The first-order chi connectivity index (χ1) is 8.79. The Kier molecular flexibility index (Phi) is 2.19. The maximum absolute atomic E-state index is 14.5. The number of aliphatic hydroxyl groups excluding tert-OH is 1. The lowest BCUT2D eigenvalue weighted by molar-refractivity contribution is -0.131. The SMILES string of the molecule is C[C@@]1(F)C(=O)C2(C[C@H]2O)O[C@H]1n1ccc(=O)[nH]c1=O. The summed E-state index contributed by atoms with van der Waals surface area (Å²) >= 11 is 0. The predicted molar refractivity (Wildman–Crippen MR) is 59.3 cm³/mol. The number of ether oxygens (including phenoxy) is 1. The highest BCUT2D eigenvalue weighted by Crippen LogP contribution is 2.55. The van der Waals surface area contributed by atoms with Crippen LogP contribution in [0.4, 0.5) is 4.39 Å². The molecule has 1 aromatic heterocycles. The maximum Gasteiger partial charge on any atom is 0.330 e. The van der Waals surface area contributed by atoms with E-state index in [4.69, 9.17) is 4.74 Å². The second-order valence-electron chi connectivity index (χ2n) is 5.00. The fourth-order valence-electron chi connectivity index (χ4n) is 2.42. The average molecular weight is 270 g/mol. The molecule has 2 fully saturated rings. The third-order valence-corrected chi connectivity index (χ3v) is 3.59. The van der Waals surface area contributed by atoms with Gasteiger partial charge in [0.05, 0.1) is 6.10 Å². The monoisotopic (exact) mass is 270 g/mol. The quantitative estimate of drug-likeness (QED) is 0.672. The molecule has 3 rings (SSSR count). The maximum atomic E-state index is 14.5. The van der Waals surface area contributed by atoms with Crippen LogP contribution in [0.3, 0.4) is 0 Å². The molecule has 1 aliphatic carbocycles. The minimum atomic E-state index is -2.44. The van der Waals surface area contributed by atoms with Crippen LogP contribution in [-0.2, 0) is 9.53 Å². The second-order valence-corrected chi connectivity index (χ2v) is 5.00. The van der Waals surface area contributed by atoms with Crippen molar-refractivity contribution in [2.45, 2.75) is 36.9 Å². The molecule has 2 heterocycles. The van der Waals surface area contributed by atoms with E-state index in [1.165, 1.54) is 0 Å². The molecule has 1 unspecified atom stereocenters. The lowest BCUT2D eigenvalue weighted by Crippen LogP contribution is -2.41. The van der Waals surface area contributed by atoms with Crippen LogP contribution in [0.15, 0.2) is 21.9 Å². The number of aromatic amines is 1. The Labute approximate surface area is 105 Å². The minimum Gasteiger partial charge on any atom is -0.389 e. The van der Waals surface area contributed by atoms with Gasteiger partial charge in [-0.25, -0.2) is 9.18 Å². The molecule has 1 aliphatic heterocycles.